The molecule has 1 atom stereocenters. The molecule has 3 aromatic carbocycles. The molecule has 0 radical (unpaired) electrons. The van der Waals surface area contributed by atoms with E-state index in [0.29, 0.717) is 13.0 Å². The van der Waals surface area contributed by atoms with Gasteiger partial charge in [-0.2, -0.15) is 0 Å². The summed E-state index contributed by atoms with van der Waals surface area (Å²) in [6.07, 6.45) is 1.03. The smallest absolute Gasteiger partial charge is 0.261 e. The Hall–Kier alpha value is -3.01. The number of carbonyl (C=O) groups is 1. The number of hydrogen-bond donors (Lipinski definition) is 1. The van der Waals surface area contributed by atoms with Crippen molar-refractivity contribution in [2.24, 2.45) is 0 Å². The predicted octanol–water partition coefficient (Wildman–Crippen LogP) is 4.64. The molecule has 0 saturated heterocycles. The Balaban J connectivity index is 1.47. The maximum atomic E-state index is 12.5. The molecule has 3 rings (SSSR count). The summed E-state index contributed by atoms with van der Waals surface area (Å²) in [5.74, 6) is 0.669. The lowest BCUT2D eigenvalue weighted by atomic mass is 10.1. The fourth-order valence-electron chi connectivity index (χ4n) is 3.18. The van der Waals surface area contributed by atoms with E-state index in [0.717, 1.165) is 29.5 Å². The summed E-state index contributed by atoms with van der Waals surface area (Å²) < 4.78 is 5.96. The van der Waals surface area contributed by atoms with Crippen molar-refractivity contribution >= 4 is 22.4 Å². The van der Waals surface area contributed by atoms with Gasteiger partial charge in [-0.25, -0.2) is 0 Å². The summed E-state index contributed by atoms with van der Waals surface area (Å²) in [6.45, 7) is 3.48. The van der Waals surface area contributed by atoms with Gasteiger partial charge < -0.3 is 15.0 Å². The molecule has 28 heavy (non-hydrogen) atoms. The van der Waals surface area contributed by atoms with Gasteiger partial charge in [-0.3, -0.25) is 4.79 Å². The monoisotopic (exact) mass is 376 g/mol. The van der Waals surface area contributed by atoms with Crippen LogP contribution in [0.4, 0.5) is 5.69 Å². The molecule has 1 unspecified atom stereocenters. The molecule has 1 amide bonds. The van der Waals surface area contributed by atoms with E-state index in [1.165, 1.54) is 5.69 Å². The summed E-state index contributed by atoms with van der Waals surface area (Å²) in [6, 6.07) is 24.3. The number of carbonyl (C=O) groups excluding carboxylic acids is 1. The fraction of sp³-hybridized carbons (Fsp3) is 0.292. The van der Waals surface area contributed by atoms with E-state index < -0.39 is 6.10 Å². The second kappa shape index (κ2) is 9.79. The lowest BCUT2D eigenvalue weighted by molar-refractivity contribution is -0.128. The van der Waals surface area contributed by atoms with Gasteiger partial charge in [-0.05, 0) is 47.9 Å². The first-order chi connectivity index (χ1) is 13.7. The molecule has 0 fully saturated rings. The van der Waals surface area contributed by atoms with Crippen molar-refractivity contribution in [3.63, 3.8) is 0 Å². The molecule has 0 aliphatic rings. The Kier molecular flexibility index (Phi) is 6.90. The molecular formula is C24H28N2O2. The quantitative estimate of drug-likeness (QED) is 0.553. The van der Waals surface area contributed by atoms with Gasteiger partial charge in [0.15, 0.2) is 6.10 Å². The zero-order chi connectivity index (χ0) is 19.8. The highest BCUT2D eigenvalue weighted by molar-refractivity contribution is 5.84. The summed E-state index contributed by atoms with van der Waals surface area (Å²) in [7, 11) is 2.06. The van der Waals surface area contributed by atoms with Gasteiger partial charge >= 0.3 is 0 Å². The van der Waals surface area contributed by atoms with E-state index in [9.17, 15) is 4.79 Å². The highest BCUT2D eigenvalue weighted by Crippen LogP contribution is 2.22. The molecule has 0 aromatic heterocycles. The number of ether oxygens (including phenoxy) is 1. The van der Waals surface area contributed by atoms with Crippen LogP contribution in [-0.4, -0.2) is 32.1 Å². The van der Waals surface area contributed by atoms with Crippen LogP contribution >= 0.6 is 0 Å². The van der Waals surface area contributed by atoms with Gasteiger partial charge in [0.05, 0.1) is 0 Å². The molecule has 146 valence electrons. The highest BCUT2D eigenvalue weighted by Gasteiger charge is 2.18. The number of hydrogen-bond acceptors (Lipinski definition) is 3. The van der Waals surface area contributed by atoms with Crippen LogP contribution in [0.5, 0.6) is 5.75 Å². The van der Waals surface area contributed by atoms with Gasteiger partial charge in [0.25, 0.3) is 5.91 Å². The molecule has 0 heterocycles. The van der Waals surface area contributed by atoms with Crippen LogP contribution in [-0.2, 0) is 4.79 Å². The van der Waals surface area contributed by atoms with Crippen molar-refractivity contribution in [3.05, 3.63) is 72.8 Å². The lowest BCUT2D eigenvalue weighted by Crippen LogP contribution is -2.39. The third-order valence-corrected chi connectivity index (χ3v) is 4.83. The second-order valence-corrected chi connectivity index (χ2v) is 6.93. The Labute approximate surface area is 167 Å². The Morgan fingerprint density at radius 1 is 1.00 bits per heavy atom. The third kappa shape index (κ3) is 5.26. The van der Waals surface area contributed by atoms with Crippen LogP contribution in [0.1, 0.15) is 19.8 Å². The molecule has 0 aliphatic carbocycles. The van der Waals surface area contributed by atoms with E-state index in [4.69, 9.17) is 4.74 Å². The molecule has 0 spiro atoms. The van der Waals surface area contributed by atoms with E-state index >= 15 is 0 Å². The summed E-state index contributed by atoms with van der Waals surface area (Å²) >= 11 is 0. The number of para-hydroxylation sites is 1. The van der Waals surface area contributed by atoms with Crippen LogP contribution in [0.2, 0.25) is 0 Å². The topological polar surface area (TPSA) is 41.6 Å². The summed E-state index contributed by atoms with van der Waals surface area (Å²) in [5, 5.41) is 5.28. The Bertz CT molecular complexity index is 895. The van der Waals surface area contributed by atoms with Gasteiger partial charge in [-0.1, -0.05) is 55.5 Å². The maximum absolute atomic E-state index is 12.5. The molecule has 4 nitrogen and oxygen atoms in total. The fourth-order valence-corrected chi connectivity index (χ4v) is 3.18. The van der Waals surface area contributed by atoms with Crippen molar-refractivity contribution in [2.45, 2.75) is 25.9 Å². The van der Waals surface area contributed by atoms with Crippen molar-refractivity contribution in [1.29, 1.82) is 0 Å². The van der Waals surface area contributed by atoms with Gasteiger partial charge in [0, 0.05) is 25.8 Å². The number of nitrogens with one attached hydrogen (secondary N) is 1. The normalized spacial score (nSPS) is 11.8. The van der Waals surface area contributed by atoms with Gasteiger partial charge in [-0.15, -0.1) is 0 Å². The molecule has 1 N–H and O–H groups in total. The van der Waals surface area contributed by atoms with Crippen LogP contribution in [0.25, 0.3) is 10.8 Å². The second-order valence-electron chi connectivity index (χ2n) is 6.93. The molecule has 3 aromatic rings. The van der Waals surface area contributed by atoms with Crippen molar-refractivity contribution < 1.29 is 9.53 Å². The van der Waals surface area contributed by atoms with Crippen molar-refractivity contribution in [1.82, 2.24) is 5.32 Å². The minimum Gasteiger partial charge on any atom is -0.481 e. The minimum absolute atomic E-state index is 0.0574. The summed E-state index contributed by atoms with van der Waals surface area (Å²) in [5.41, 5.74) is 1.18. The number of anilines is 1. The van der Waals surface area contributed by atoms with E-state index in [2.05, 4.69) is 35.5 Å². The Morgan fingerprint density at radius 2 is 1.71 bits per heavy atom. The number of fused-ring (bicyclic) bond motifs is 1. The zero-order valence-electron chi connectivity index (χ0n) is 16.6. The van der Waals surface area contributed by atoms with Crippen molar-refractivity contribution in [3.8, 4) is 5.75 Å². The molecular weight excluding hydrogens is 348 g/mol. The first-order valence-electron chi connectivity index (χ1n) is 9.86. The average molecular weight is 377 g/mol. The minimum atomic E-state index is -0.479. The third-order valence-electron chi connectivity index (χ3n) is 4.83. The molecule has 0 aliphatic heterocycles. The summed E-state index contributed by atoms with van der Waals surface area (Å²) in [4.78, 5) is 14.7. The number of benzene rings is 3. The van der Waals surface area contributed by atoms with E-state index in [1.807, 2.05) is 61.5 Å². The van der Waals surface area contributed by atoms with Crippen LogP contribution in [0.15, 0.2) is 72.8 Å². The predicted molar refractivity (Wildman–Crippen MR) is 116 cm³/mol. The SMILES string of the molecule is CCC(Oc1ccc2ccccc2c1)C(=O)NCCCN(C)c1ccccc1. The molecule has 4 heteroatoms. The largest absolute Gasteiger partial charge is 0.481 e. The molecule has 0 bridgehead atoms. The van der Waals surface area contributed by atoms with Gasteiger partial charge in [0.2, 0.25) is 0 Å². The average Bonchev–Trinajstić information content (AvgIpc) is 2.75. The first kappa shape index (κ1) is 19.7. The van der Waals surface area contributed by atoms with Crippen molar-refractivity contribution in [2.75, 3.05) is 25.0 Å². The standard InChI is InChI=1S/C24H28N2O2/c1-3-23(28-22-15-14-19-10-7-8-11-20(19)18-22)24(27)25-16-9-17-26(2)21-12-5-4-6-13-21/h4-8,10-15,18,23H,3,9,16-17H2,1-2H3,(H,25,27). The Morgan fingerprint density at radius 3 is 2.46 bits per heavy atom. The highest BCUT2D eigenvalue weighted by atomic mass is 16.5. The van der Waals surface area contributed by atoms with Crippen LogP contribution < -0.4 is 15.0 Å². The number of rotatable bonds is 9. The van der Waals surface area contributed by atoms with Gasteiger partial charge in [0.1, 0.15) is 5.75 Å². The van der Waals surface area contributed by atoms with Crippen LogP contribution in [0.3, 0.4) is 0 Å². The lowest BCUT2D eigenvalue weighted by Gasteiger charge is -2.20. The number of amides is 1. The molecule has 0 saturated carbocycles. The van der Waals surface area contributed by atoms with E-state index in [1.54, 1.807) is 0 Å². The first-order valence-corrected chi connectivity index (χ1v) is 9.86. The zero-order valence-corrected chi connectivity index (χ0v) is 16.6. The maximum Gasteiger partial charge on any atom is 0.261 e. The number of nitrogens with zero attached hydrogens (tertiary/aromatic N) is 1. The van der Waals surface area contributed by atoms with E-state index in [-0.39, 0.29) is 5.91 Å². The van der Waals surface area contributed by atoms with Crippen LogP contribution in [0, 0.1) is 0 Å².